The molecule has 20 heavy (non-hydrogen) atoms. The summed E-state index contributed by atoms with van der Waals surface area (Å²) in [5, 5.41) is 11.9. The van der Waals surface area contributed by atoms with Crippen molar-refractivity contribution in [3.63, 3.8) is 0 Å². The number of hydrogen-bond donors (Lipinski definition) is 2. The highest BCUT2D eigenvalue weighted by atomic mass is 16.4. The smallest absolute Gasteiger partial charge is 0.337 e. The summed E-state index contributed by atoms with van der Waals surface area (Å²) in [6.45, 7) is 5.81. The predicted molar refractivity (Wildman–Crippen MR) is 79.3 cm³/mol. The van der Waals surface area contributed by atoms with Crippen molar-refractivity contribution in [3.05, 3.63) is 29.3 Å². The average molecular weight is 278 g/mol. The molecule has 1 aromatic carbocycles. The zero-order valence-corrected chi connectivity index (χ0v) is 12.4. The molecule has 0 aliphatic carbocycles. The van der Waals surface area contributed by atoms with Gasteiger partial charge in [0.1, 0.15) is 0 Å². The fourth-order valence-electron chi connectivity index (χ4n) is 2.02. The number of para-hydroxylation sites is 1. The van der Waals surface area contributed by atoms with Gasteiger partial charge in [-0.25, -0.2) is 9.59 Å². The van der Waals surface area contributed by atoms with Crippen molar-refractivity contribution in [2.45, 2.75) is 39.7 Å². The Labute approximate surface area is 119 Å². The molecule has 0 saturated carbocycles. The van der Waals surface area contributed by atoms with Gasteiger partial charge in [-0.15, -0.1) is 0 Å². The van der Waals surface area contributed by atoms with Gasteiger partial charge in [-0.3, -0.25) is 0 Å². The van der Waals surface area contributed by atoms with Crippen molar-refractivity contribution in [1.82, 2.24) is 4.90 Å². The molecule has 2 N–H and O–H groups in total. The van der Waals surface area contributed by atoms with Crippen LogP contribution in [-0.4, -0.2) is 35.1 Å². The number of aryl methyl sites for hydroxylation is 1. The molecule has 0 heterocycles. The first-order chi connectivity index (χ1) is 9.38. The molecule has 2 amide bonds. The van der Waals surface area contributed by atoms with Gasteiger partial charge < -0.3 is 15.3 Å². The van der Waals surface area contributed by atoms with Crippen molar-refractivity contribution in [2.24, 2.45) is 0 Å². The number of amides is 2. The summed E-state index contributed by atoms with van der Waals surface area (Å²) in [5.74, 6) is -1.05. The summed E-state index contributed by atoms with van der Waals surface area (Å²) in [4.78, 5) is 25.0. The van der Waals surface area contributed by atoms with Gasteiger partial charge in [0.25, 0.3) is 0 Å². The van der Waals surface area contributed by atoms with Crippen LogP contribution in [-0.2, 0) is 0 Å². The molecule has 0 aliphatic heterocycles. The van der Waals surface area contributed by atoms with Crippen LogP contribution in [0.15, 0.2) is 18.2 Å². The Balaban J connectivity index is 2.93. The molecule has 5 heteroatoms. The number of carboxylic acid groups (broad SMARTS) is 1. The number of carbonyl (C=O) groups excluding carboxylic acids is 1. The molecular formula is C15H22N2O3. The molecule has 0 aliphatic rings. The Hall–Kier alpha value is -2.04. The van der Waals surface area contributed by atoms with Crippen LogP contribution < -0.4 is 5.32 Å². The van der Waals surface area contributed by atoms with Gasteiger partial charge in [0.05, 0.1) is 11.3 Å². The molecule has 0 radical (unpaired) electrons. The number of nitrogens with one attached hydrogen (secondary N) is 1. The van der Waals surface area contributed by atoms with Crippen LogP contribution in [0.25, 0.3) is 0 Å². The number of carbonyl (C=O) groups is 2. The highest BCUT2D eigenvalue weighted by Crippen LogP contribution is 2.21. The molecule has 1 aromatic rings. The summed E-state index contributed by atoms with van der Waals surface area (Å²) < 4.78 is 0. The SMILES string of the molecule is CCCC(C)N(C)C(=O)Nc1c(C)cccc1C(=O)O. The first kappa shape index (κ1) is 16.0. The third kappa shape index (κ3) is 3.73. The number of anilines is 1. The molecule has 110 valence electrons. The second-order valence-electron chi connectivity index (χ2n) is 4.98. The molecule has 5 nitrogen and oxygen atoms in total. The van der Waals surface area contributed by atoms with Gasteiger partial charge in [0, 0.05) is 13.1 Å². The Bertz CT molecular complexity index is 500. The van der Waals surface area contributed by atoms with E-state index in [1.54, 1.807) is 31.0 Å². The van der Waals surface area contributed by atoms with Gasteiger partial charge in [-0.1, -0.05) is 25.5 Å². The Kier molecular flexibility index (Phi) is 5.55. The van der Waals surface area contributed by atoms with Crippen LogP contribution in [0, 0.1) is 6.92 Å². The zero-order valence-electron chi connectivity index (χ0n) is 12.4. The summed E-state index contributed by atoms with van der Waals surface area (Å²) in [6.07, 6.45) is 1.90. The van der Waals surface area contributed by atoms with Crippen LogP contribution >= 0.6 is 0 Å². The summed E-state index contributed by atoms with van der Waals surface area (Å²) >= 11 is 0. The lowest BCUT2D eigenvalue weighted by Gasteiger charge is -2.25. The van der Waals surface area contributed by atoms with Gasteiger partial charge in [0.2, 0.25) is 0 Å². The standard InChI is InChI=1S/C15H22N2O3/c1-5-7-11(3)17(4)15(20)16-13-10(2)8-6-9-12(13)14(18)19/h6,8-9,11H,5,7H2,1-4H3,(H,16,20)(H,18,19). The van der Waals surface area contributed by atoms with E-state index in [1.807, 2.05) is 6.92 Å². The first-order valence-electron chi connectivity index (χ1n) is 6.75. The monoisotopic (exact) mass is 278 g/mol. The molecule has 0 spiro atoms. The number of hydrogen-bond acceptors (Lipinski definition) is 2. The number of aromatic carboxylic acids is 1. The highest BCUT2D eigenvalue weighted by Gasteiger charge is 2.19. The maximum atomic E-state index is 12.2. The molecule has 0 aromatic heterocycles. The second-order valence-corrected chi connectivity index (χ2v) is 4.98. The molecule has 0 bridgehead atoms. The first-order valence-corrected chi connectivity index (χ1v) is 6.75. The fraction of sp³-hybridized carbons (Fsp3) is 0.467. The van der Waals surface area contributed by atoms with Crippen LogP contribution in [0.1, 0.15) is 42.6 Å². The Morgan fingerprint density at radius 1 is 1.40 bits per heavy atom. The molecule has 0 saturated heterocycles. The van der Waals surface area contributed by atoms with E-state index in [0.717, 1.165) is 18.4 Å². The lowest BCUT2D eigenvalue weighted by molar-refractivity contribution is 0.0698. The van der Waals surface area contributed by atoms with E-state index in [4.69, 9.17) is 0 Å². The third-order valence-electron chi connectivity index (χ3n) is 3.42. The van der Waals surface area contributed by atoms with E-state index >= 15 is 0 Å². The third-order valence-corrected chi connectivity index (χ3v) is 3.42. The second kappa shape index (κ2) is 6.93. The largest absolute Gasteiger partial charge is 0.478 e. The van der Waals surface area contributed by atoms with E-state index < -0.39 is 5.97 Å². The van der Waals surface area contributed by atoms with E-state index in [1.165, 1.54) is 6.07 Å². The molecule has 0 fully saturated rings. The number of nitrogens with zero attached hydrogens (tertiary/aromatic N) is 1. The predicted octanol–water partition coefficient (Wildman–Crippen LogP) is 3.35. The summed E-state index contributed by atoms with van der Waals surface area (Å²) in [5.41, 5.74) is 1.20. The normalized spacial score (nSPS) is 11.8. The minimum absolute atomic E-state index is 0.106. The van der Waals surface area contributed by atoms with Crippen molar-refractivity contribution in [2.75, 3.05) is 12.4 Å². The number of urea groups is 1. The quantitative estimate of drug-likeness (QED) is 0.867. The highest BCUT2D eigenvalue weighted by molar-refractivity contribution is 6.00. The number of benzene rings is 1. The molecule has 1 rings (SSSR count). The van der Waals surface area contributed by atoms with Crippen LogP contribution in [0.5, 0.6) is 0 Å². The topological polar surface area (TPSA) is 69.6 Å². The maximum absolute atomic E-state index is 12.2. The average Bonchev–Trinajstić information content (AvgIpc) is 2.39. The lowest BCUT2D eigenvalue weighted by Crippen LogP contribution is -2.38. The number of carboxylic acids is 1. The van der Waals surface area contributed by atoms with Crippen LogP contribution in [0.4, 0.5) is 10.5 Å². The summed E-state index contributed by atoms with van der Waals surface area (Å²) in [6, 6.07) is 4.75. The van der Waals surface area contributed by atoms with E-state index in [-0.39, 0.29) is 17.6 Å². The van der Waals surface area contributed by atoms with Gasteiger partial charge >= 0.3 is 12.0 Å². The maximum Gasteiger partial charge on any atom is 0.337 e. The van der Waals surface area contributed by atoms with Crippen molar-refractivity contribution < 1.29 is 14.7 Å². The molecule has 1 unspecified atom stereocenters. The fourth-order valence-corrected chi connectivity index (χ4v) is 2.02. The summed E-state index contributed by atoms with van der Waals surface area (Å²) in [7, 11) is 1.72. The minimum Gasteiger partial charge on any atom is -0.478 e. The Morgan fingerprint density at radius 3 is 2.60 bits per heavy atom. The molecule has 1 atom stereocenters. The van der Waals surface area contributed by atoms with E-state index in [0.29, 0.717) is 5.69 Å². The van der Waals surface area contributed by atoms with E-state index in [9.17, 15) is 14.7 Å². The van der Waals surface area contributed by atoms with Crippen LogP contribution in [0.3, 0.4) is 0 Å². The van der Waals surface area contributed by atoms with Crippen molar-refractivity contribution >= 4 is 17.7 Å². The Morgan fingerprint density at radius 2 is 2.05 bits per heavy atom. The molecular weight excluding hydrogens is 256 g/mol. The van der Waals surface area contributed by atoms with Gasteiger partial charge in [0.15, 0.2) is 0 Å². The van der Waals surface area contributed by atoms with Crippen molar-refractivity contribution in [3.8, 4) is 0 Å². The van der Waals surface area contributed by atoms with Crippen molar-refractivity contribution in [1.29, 1.82) is 0 Å². The zero-order chi connectivity index (χ0) is 15.3. The van der Waals surface area contributed by atoms with Gasteiger partial charge in [-0.2, -0.15) is 0 Å². The minimum atomic E-state index is -1.05. The lowest BCUT2D eigenvalue weighted by atomic mass is 10.1. The van der Waals surface area contributed by atoms with Gasteiger partial charge in [-0.05, 0) is 31.9 Å². The van der Waals surface area contributed by atoms with E-state index in [2.05, 4.69) is 12.2 Å². The number of rotatable bonds is 5. The van der Waals surface area contributed by atoms with Crippen LogP contribution in [0.2, 0.25) is 0 Å².